The summed E-state index contributed by atoms with van der Waals surface area (Å²) in [6.07, 6.45) is 1.46. The van der Waals surface area contributed by atoms with Crippen molar-refractivity contribution in [2.24, 2.45) is 7.05 Å². The predicted molar refractivity (Wildman–Crippen MR) is 96.2 cm³/mol. The lowest BCUT2D eigenvalue weighted by molar-refractivity contribution is 0.0915. The molecule has 5 nitrogen and oxygen atoms in total. The van der Waals surface area contributed by atoms with Gasteiger partial charge in [-0.2, -0.15) is 5.10 Å². The van der Waals surface area contributed by atoms with E-state index in [1.54, 1.807) is 10.9 Å². The lowest BCUT2D eigenvalue weighted by Crippen LogP contribution is -2.29. The average Bonchev–Trinajstić information content (AvgIpc) is 3.01. The second-order valence-corrected chi connectivity index (χ2v) is 5.93. The number of carbonyl (C=O) groups is 1. The van der Waals surface area contributed by atoms with E-state index in [1.165, 1.54) is 0 Å². The molecule has 0 fully saturated rings. The van der Waals surface area contributed by atoms with Gasteiger partial charge in [-0.3, -0.25) is 9.48 Å². The number of hydrogen-bond donors (Lipinski definition) is 2. The van der Waals surface area contributed by atoms with Crippen LogP contribution in [0.25, 0.3) is 0 Å². The molecule has 1 aromatic heterocycles. The Morgan fingerprint density at radius 3 is 2.44 bits per heavy atom. The Morgan fingerprint density at radius 2 is 1.76 bits per heavy atom. The minimum atomic E-state index is -0.737. The number of hydrogen-bond acceptors (Lipinski definition) is 3. The van der Waals surface area contributed by atoms with Gasteiger partial charge in [0, 0.05) is 20.0 Å². The van der Waals surface area contributed by atoms with Crippen LogP contribution in [-0.2, 0) is 13.5 Å². The zero-order valence-electron chi connectivity index (χ0n) is 14.1. The van der Waals surface area contributed by atoms with Crippen LogP contribution >= 0.6 is 0 Å². The first-order valence-electron chi connectivity index (χ1n) is 8.21. The van der Waals surface area contributed by atoms with Gasteiger partial charge in [0.2, 0.25) is 0 Å². The third-order valence-corrected chi connectivity index (χ3v) is 4.16. The van der Waals surface area contributed by atoms with Gasteiger partial charge in [0.25, 0.3) is 5.91 Å². The Bertz CT molecular complexity index is 829. The first-order chi connectivity index (χ1) is 12.1. The number of benzene rings is 2. The highest BCUT2D eigenvalue weighted by atomic mass is 16.3. The van der Waals surface area contributed by atoms with E-state index >= 15 is 0 Å². The monoisotopic (exact) mass is 335 g/mol. The van der Waals surface area contributed by atoms with Crippen molar-refractivity contribution in [3.63, 3.8) is 0 Å². The van der Waals surface area contributed by atoms with Crippen molar-refractivity contribution in [2.45, 2.75) is 12.5 Å². The van der Waals surface area contributed by atoms with Crippen molar-refractivity contribution in [3.05, 3.63) is 89.2 Å². The minimum Gasteiger partial charge on any atom is -0.387 e. The number of aliphatic hydroxyl groups is 1. The molecule has 1 amide bonds. The lowest BCUT2D eigenvalue weighted by Gasteiger charge is -2.12. The summed E-state index contributed by atoms with van der Waals surface area (Å²) in [5.41, 5.74) is 3.27. The molecule has 25 heavy (non-hydrogen) atoms. The highest BCUT2D eigenvalue weighted by Crippen LogP contribution is 2.15. The summed E-state index contributed by atoms with van der Waals surface area (Å²) in [5, 5.41) is 17.2. The maximum Gasteiger partial charge on any atom is 0.254 e. The van der Waals surface area contributed by atoms with Gasteiger partial charge < -0.3 is 10.4 Å². The van der Waals surface area contributed by atoms with E-state index in [2.05, 4.69) is 10.4 Å². The molecule has 0 bridgehead atoms. The molecule has 0 saturated carbocycles. The number of nitrogens with one attached hydrogen (secondary N) is 1. The van der Waals surface area contributed by atoms with Crippen LogP contribution in [0.2, 0.25) is 0 Å². The highest BCUT2D eigenvalue weighted by molar-refractivity contribution is 5.95. The molecule has 2 N–H and O–H groups in total. The van der Waals surface area contributed by atoms with Gasteiger partial charge in [0.1, 0.15) is 0 Å². The Hall–Kier alpha value is -2.92. The molecule has 0 unspecified atom stereocenters. The Kier molecular flexibility index (Phi) is 5.26. The smallest absolute Gasteiger partial charge is 0.254 e. The number of amides is 1. The van der Waals surface area contributed by atoms with Crippen LogP contribution in [0.4, 0.5) is 0 Å². The maximum atomic E-state index is 12.5. The molecule has 1 heterocycles. The molecule has 128 valence electrons. The number of aliphatic hydroxyl groups excluding tert-OH is 1. The van der Waals surface area contributed by atoms with Crippen molar-refractivity contribution in [1.82, 2.24) is 15.1 Å². The zero-order chi connectivity index (χ0) is 17.6. The highest BCUT2D eigenvalue weighted by Gasteiger charge is 2.17. The third kappa shape index (κ3) is 4.14. The first kappa shape index (κ1) is 16.9. The van der Waals surface area contributed by atoms with Crippen LogP contribution in [0, 0.1) is 0 Å². The van der Waals surface area contributed by atoms with Gasteiger partial charge in [-0.25, -0.2) is 0 Å². The molecule has 3 aromatic rings. The second-order valence-electron chi connectivity index (χ2n) is 5.93. The summed E-state index contributed by atoms with van der Waals surface area (Å²) in [7, 11) is 1.83. The molecule has 1 atom stereocenters. The van der Waals surface area contributed by atoms with Crippen LogP contribution in [0.15, 0.2) is 66.9 Å². The van der Waals surface area contributed by atoms with Gasteiger partial charge in [0.05, 0.1) is 23.6 Å². The SMILES string of the molecule is Cn1ncc(C(=O)NC[C@H](O)c2ccccc2)c1Cc1ccccc1. The van der Waals surface area contributed by atoms with E-state index in [0.717, 1.165) is 16.8 Å². The number of rotatable bonds is 6. The normalized spacial score (nSPS) is 11.9. The number of nitrogens with zero attached hydrogens (tertiary/aromatic N) is 2. The van der Waals surface area contributed by atoms with E-state index in [-0.39, 0.29) is 12.5 Å². The van der Waals surface area contributed by atoms with E-state index in [0.29, 0.717) is 12.0 Å². The topological polar surface area (TPSA) is 67.2 Å². The zero-order valence-corrected chi connectivity index (χ0v) is 14.1. The van der Waals surface area contributed by atoms with Crippen LogP contribution in [-0.4, -0.2) is 27.3 Å². The fourth-order valence-corrected chi connectivity index (χ4v) is 2.73. The molecule has 2 aromatic carbocycles. The summed E-state index contributed by atoms with van der Waals surface area (Å²) in [6.45, 7) is 0.155. The van der Waals surface area contributed by atoms with Crippen molar-refractivity contribution in [1.29, 1.82) is 0 Å². The molecule has 0 spiro atoms. The third-order valence-electron chi connectivity index (χ3n) is 4.16. The van der Waals surface area contributed by atoms with Crippen LogP contribution < -0.4 is 5.32 Å². The number of carbonyl (C=O) groups excluding carboxylic acids is 1. The molecule has 3 rings (SSSR count). The Morgan fingerprint density at radius 1 is 1.12 bits per heavy atom. The Labute approximate surface area is 146 Å². The van der Waals surface area contributed by atoms with Gasteiger partial charge in [-0.15, -0.1) is 0 Å². The average molecular weight is 335 g/mol. The molecular formula is C20H21N3O2. The summed E-state index contributed by atoms with van der Waals surface area (Å²) in [5.74, 6) is -0.228. The van der Waals surface area contributed by atoms with Crippen molar-refractivity contribution in [3.8, 4) is 0 Å². The summed E-state index contributed by atoms with van der Waals surface area (Å²) in [6, 6.07) is 19.2. The van der Waals surface area contributed by atoms with Gasteiger partial charge in [-0.1, -0.05) is 60.7 Å². The lowest BCUT2D eigenvalue weighted by atomic mass is 10.1. The van der Waals surface area contributed by atoms with Crippen molar-refractivity contribution < 1.29 is 9.90 Å². The quantitative estimate of drug-likeness (QED) is 0.727. The van der Waals surface area contributed by atoms with Gasteiger partial charge in [0.15, 0.2) is 0 Å². The molecule has 0 saturated heterocycles. The molecule has 0 aliphatic heterocycles. The summed E-state index contributed by atoms with van der Waals surface area (Å²) >= 11 is 0. The number of aryl methyl sites for hydroxylation is 1. The fourth-order valence-electron chi connectivity index (χ4n) is 2.73. The molecule has 0 aliphatic carbocycles. The summed E-state index contributed by atoms with van der Waals surface area (Å²) < 4.78 is 1.72. The van der Waals surface area contributed by atoms with E-state index in [4.69, 9.17) is 0 Å². The van der Waals surface area contributed by atoms with Crippen LogP contribution in [0.5, 0.6) is 0 Å². The minimum absolute atomic E-state index is 0.155. The maximum absolute atomic E-state index is 12.5. The first-order valence-corrected chi connectivity index (χ1v) is 8.21. The number of aromatic nitrogens is 2. The van der Waals surface area contributed by atoms with Gasteiger partial charge >= 0.3 is 0 Å². The molecular weight excluding hydrogens is 314 g/mol. The van der Waals surface area contributed by atoms with E-state index < -0.39 is 6.10 Å². The fraction of sp³-hybridized carbons (Fsp3) is 0.200. The van der Waals surface area contributed by atoms with E-state index in [9.17, 15) is 9.90 Å². The largest absolute Gasteiger partial charge is 0.387 e. The standard InChI is InChI=1S/C20H21N3O2/c1-23-18(12-15-8-4-2-5-9-15)17(13-22-23)20(25)21-14-19(24)16-10-6-3-7-11-16/h2-11,13,19,24H,12,14H2,1H3,(H,21,25)/t19-/m0/s1. The van der Waals surface area contributed by atoms with Crippen molar-refractivity contribution >= 4 is 5.91 Å². The summed E-state index contributed by atoms with van der Waals surface area (Å²) in [4.78, 5) is 12.5. The van der Waals surface area contributed by atoms with Gasteiger partial charge in [-0.05, 0) is 11.1 Å². The second kappa shape index (κ2) is 7.77. The molecule has 0 aliphatic rings. The molecule has 0 radical (unpaired) electrons. The Balaban J connectivity index is 1.68. The van der Waals surface area contributed by atoms with Crippen LogP contribution in [0.3, 0.4) is 0 Å². The molecule has 5 heteroatoms. The van der Waals surface area contributed by atoms with E-state index in [1.807, 2.05) is 67.7 Å². The van der Waals surface area contributed by atoms with Crippen molar-refractivity contribution in [2.75, 3.05) is 6.54 Å². The predicted octanol–water partition coefficient (Wildman–Crippen LogP) is 2.47. The van der Waals surface area contributed by atoms with Crippen LogP contribution in [0.1, 0.15) is 33.3 Å².